The van der Waals surface area contributed by atoms with E-state index in [2.05, 4.69) is 0 Å². The topological polar surface area (TPSA) is 255 Å². The molecule has 0 radical (unpaired) electrons. The van der Waals surface area contributed by atoms with Crippen LogP contribution in [0.25, 0.3) is 0 Å². The van der Waals surface area contributed by atoms with E-state index in [0.29, 0.717) is 6.07 Å². The quantitative estimate of drug-likeness (QED) is 0.110. The van der Waals surface area contributed by atoms with Crippen LogP contribution in [-0.4, -0.2) is 93.8 Å². The third-order valence-corrected chi connectivity index (χ3v) is 6.35. The molecule has 5 atom stereocenters. The molecule has 4 rings (SSSR count). The van der Waals surface area contributed by atoms with E-state index in [9.17, 15) is 60.7 Å². The summed E-state index contributed by atoms with van der Waals surface area (Å²) < 4.78 is 10.8. The van der Waals surface area contributed by atoms with Crippen LogP contribution in [0.5, 0.6) is 40.2 Å². The monoisotopic (exact) mass is 560 g/mol. The second-order valence-corrected chi connectivity index (χ2v) is 8.92. The van der Waals surface area contributed by atoms with Crippen molar-refractivity contribution in [1.29, 1.82) is 0 Å². The number of benzene rings is 3. The summed E-state index contributed by atoms with van der Waals surface area (Å²) in [5.41, 5.74) is -2.02. The highest BCUT2D eigenvalue weighted by Gasteiger charge is 2.49. The maximum absolute atomic E-state index is 13.1. The third-order valence-electron chi connectivity index (χ3n) is 6.35. The molecular formula is C26H24O14. The number of aliphatic hydroxyl groups excluding tert-OH is 3. The number of hydrogen-bond donors (Lipinski definition) is 10. The number of aromatic hydroxyl groups is 7. The van der Waals surface area contributed by atoms with E-state index in [1.165, 1.54) is 24.3 Å². The third kappa shape index (κ3) is 4.99. The maximum Gasteiger partial charge on any atom is 0.338 e. The van der Waals surface area contributed by atoms with Crippen LogP contribution in [0.1, 0.15) is 37.9 Å². The Kier molecular flexibility index (Phi) is 7.61. The standard InChI is InChI=1S/C26H24O14/c27-8-16-21(35)23(37)25(40-26(38)10-5-14(31)20(34)15(32)6-10)24(39-16)18-13(30)7-12(29)17(22(18)36)19(33)9-1-3-11(28)4-2-9/h1-7,16,21,23-25,27-32,34-37H,8H2. The van der Waals surface area contributed by atoms with Crippen molar-refractivity contribution in [3.05, 3.63) is 64.7 Å². The summed E-state index contributed by atoms with van der Waals surface area (Å²) in [6.45, 7) is -0.881. The fourth-order valence-corrected chi connectivity index (χ4v) is 4.29. The van der Waals surface area contributed by atoms with Gasteiger partial charge in [0.2, 0.25) is 5.78 Å². The Bertz CT molecular complexity index is 1430. The normalized spacial score (nSPS) is 22.5. The van der Waals surface area contributed by atoms with Gasteiger partial charge in [-0.1, -0.05) is 0 Å². The van der Waals surface area contributed by atoms with Gasteiger partial charge in [0.05, 0.1) is 17.7 Å². The van der Waals surface area contributed by atoms with Gasteiger partial charge in [-0.2, -0.15) is 0 Å². The maximum atomic E-state index is 13.1. The van der Waals surface area contributed by atoms with Gasteiger partial charge in [-0.3, -0.25) is 4.79 Å². The van der Waals surface area contributed by atoms with Crippen LogP contribution in [0.4, 0.5) is 0 Å². The number of hydrogen-bond acceptors (Lipinski definition) is 14. The number of ether oxygens (including phenoxy) is 2. The van der Waals surface area contributed by atoms with Gasteiger partial charge in [0.25, 0.3) is 0 Å². The summed E-state index contributed by atoms with van der Waals surface area (Å²) in [6.07, 6.45) is -9.25. The molecule has 14 nitrogen and oxygen atoms in total. The first-order chi connectivity index (χ1) is 18.8. The van der Waals surface area contributed by atoms with Crippen molar-refractivity contribution in [3.8, 4) is 40.2 Å². The Morgan fingerprint density at radius 1 is 0.750 bits per heavy atom. The Labute approximate surface area is 224 Å². The van der Waals surface area contributed by atoms with E-state index in [1.807, 2.05) is 0 Å². The van der Waals surface area contributed by atoms with Crippen molar-refractivity contribution in [2.45, 2.75) is 30.5 Å². The summed E-state index contributed by atoms with van der Waals surface area (Å²) >= 11 is 0. The fourth-order valence-electron chi connectivity index (χ4n) is 4.29. The number of rotatable bonds is 6. The van der Waals surface area contributed by atoms with Crippen LogP contribution in [0.15, 0.2) is 42.5 Å². The van der Waals surface area contributed by atoms with Crippen molar-refractivity contribution >= 4 is 11.8 Å². The lowest BCUT2D eigenvalue weighted by molar-refractivity contribution is -0.232. The summed E-state index contributed by atoms with van der Waals surface area (Å²) in [7, 11) is 0. The van der Waals surface area contributed by atoms with E-state index < -0.39 is 100 Å². The minimum Gasteiger partial charge on any atom is -0.508 e. The molecule has 14 heteroatoms. The van der Waals surface area contributed by atoms with Gasteiger partial charge in [-0.15, -0.1) is 0 Å². The lowest BCUT2D eigenvalue weighted by atomic mass is 9.88. The molecule has 0 bridgehead atoms. The number of aliphatic hydroxyl groups is 3. The summed E-state index contributed by atoms with van der Waals surface area (Å²) in [5.74, 6) is -7.99. The van der Waals surface area contributed by atoms with Gasteiger partial charge >= 0.3 is 5.97 Å². The van der Waals surface area contributed by atoms with Crippen LogP contribution >= 0.6 is 0 Å². The highest BCUT2D eigenvalue weighted by atomic mass is 16.6. The second-order valence-electron chi connectivity index (χ2n) is 8.92. The highest BCUT2D eigenvalue weighted by molar-refractivity contribution is 6.13. The van der Waals surface area contributed by atoms with Crippen molar-refractivity contribution in [1.82, 2.24) is 0 Å². The first-order valence-electron chi connectivity index (χ1n) is 11.6. The molecule has 3 aromatic carbocycles. The van der Waals surface area contributed by atoms with Crippen LogP contribution in [0.2, 0.25) is 0 Å². The van der Waals surface area contributed by atoms with Crippen molar-refractivity contribution in [2.75, 3.05) is 6.61 Å². The predicted molar refractivity (Wildman–Crippen MR) is 130 cm³/mol. The predicted octanol–water partition coefficient (Wildman–Crippen LogP) is 0.236. The molecule has 10 N–H and O–H groups in total. The lowest BCUT2D eigenvalue weighted by Crippen LogP contribution is -2.56. The molecule has 1 heterocycles. The molecule has 0 saturated carbocycles. The number of carbonyl (C=O) groups is 2. The zero-order valence-electron chi connectivity index (χ0n) is 20.2. The highest BCUT2D eigenvalue weighted by Crippen LogP contribution is 2.47. The van der Waals surface area contributed by atoms with Gasteiger partial charge in [-0.25, -0.2) is 4.79 Å². The Morgan fingerprint density at radius 3 is 1.93 bits per heavy atom. The van der Waals surface area contributed by atoms with E-state index in [0.717, 1.165) is 12.1 Å². The van der Waals surface area contributed by atoms with Crippen molar-refractivity contribution < 1.29 is 70.1 Å². The molecule has 1 saturated heterocycles. The first-order valence-corrected chi connectivity index (χ1v) is 11.6. The van der Waals surface area contributed by atoms with E-state index >= 15 is 0 Å². The largest absolute Gasteiger partial charge is 0.508 e. The number of esters is 1. The molecule has 3 aromatic rings. The number of phenolic OH excluding ortho intramolecular Hbond substituents is 7. The first kappa shape index (κ1) is 28.3. The summed E-state index contributed by atoms with van der Waals surface area (Å²) in [6, 6.07) is 6.84. The molecule has 1 aliphatic rings. The van der Waals surface area contributed by atoms with Gasteiger partial charge in [0.1, 0.15) is 53.0 Å². The van der Waals surface area contributed by atoms with Gasteiger partial charge in [0.15, 0.2) is 23.4 Å². The zero-order valence-corrected chi connectivity index (χ0v) is 20.2. The fraction of sp³-hybridized carbons (Fsp3) is 0.231. The van der Waals surface area contributed by atoms with Crippen LogP contribution in [0.3, 0.4) is 0 Å². The van der Waals surface area contributed by atoms with E-state index in [1.54, 1.807) is 0 Å². The molecule has 5 unspecified atom stereocenters. The van der Waals surface area contributed by atoms with E-state index in [-0.39, 0.29) is 11.3 Å². The van der Waals surface area contributed by atoms with E-state index in [4.69, 9.17) is 9.47 Å². The summed E-state index contributed by atoms with van der Waals surface area (Å²) in [5, 5.41) is 101. The number of ketones is 1. The molecule has 0 aromatic heterocycles. The average Bonchev–Trinajstić information content (AvgIpc) is 2.90. The summed E-state index contributed by atoms with van der Waals surface area (Å²) in [4.78, 5) is 26.0. The number of phenols is 7. The zero-order chi connectivity index (χ0) is 29.5. The van der Waals surface area contributed by atoms with Crippen LogP contribution in [-0.2, 0) is 9.47 Å². The van der Waals surface area contributed by atoms with Gasteiger partial charge < -0.3 is 60.5 Å². The average molecular weight is 560 g/mol. The van der Waals surface area contributed by atoms with Crippen LogP contribution in [0, 0.1) is 0 Å². The van der Waals surface area contributed by atoms with Crippen LogP contribution < -0.4 is 0 Å². The lowest BCUT2D eigenvalue weighted by Gasteiger charge is -2.42. The molecule has 212 valence electrons. The molecular weight excluding hydrogens is 536 g/mol. The van der Waals surface area contributed by atoms with Crippen molar-refractivity contribution in [2.24, 2.45) is 0 Å². The number of carbonyl (C=O) groups excluding carboxylic acids is 2. The van der Waals surface area contributed by atoms with Gasteiger partial charge in [-0.05, 0) is 36.4 Å². The Morgan fingerprint density at radius 2 is 1.35 bits per heavy atom. The Hall–Kier alpha value is -4.76. The SMILES string of the molecule is O=C(OC1C(c2c(O)cc(O)c(C(=O)c3ccc(O)cc3)c2O)OC(CO)C(O)C1O)c1cc(O)c(O)c(O)c1. The molecule has 40 heavy (non-hydrogen) atoms. The Balaban J connectivity index is 1.80. The molecule has 0 spiro atoms. The minimum absolute atomic E-state index is 0.0942. The van der Waals surface area contributed by atoms with Gasteiger partial charge in [0, 0.05) is 11.6 Å². The second kappa shape index (κ2) is 10.8. The van der Waals surface area contributed by atoms with Crippen molar-refractivity contribution in [3.63, 3.8) is 0 Å². The smallest absolute Gasteiger partial charge is 0.338 e. The molecule has 1 fully saturated rings. The molecule has 1 aliphatic heterocycles. The molecule has 0 aliphatic carbocycles. The minimum atomic E-state index is -2.02. The molecule has 0 amide bonds.